The van der Waals surface area contributed by atoms with Crippen LogP contribution in [0.3, 0.4) is 0 Å². The number of amides is 2. The molecule has 3 atom stereocenters. The van der Waals surface area contributed by atoms with E-state index in [4.69, 9.17) is 5.73 Å². The van der Waals surface area contributed by atoms with E-state index < -0.39 is 5.92 Å². The highest BCUT2D eigenvalue weighted by molar-refractivity contribution is 6.04. The Morgan fingerprint density at radius 2 is 2.00 bits per heavy atom. The molecule has 28 heavy (non-hydrogen) atoms. The third-order valence-electron chi connectivity index (χ3n) is 6.33. The van der Waals surface area contributed by atoms with Gasteiger partial charge in [0, 0.05) is 36.7 Å². The van der Waals surface area contributed by atoms with Crippen LogP contribution in [0.15, 0.2) is 30.5 Å². The zero-order valence-corrected chi connectivity index (χ0v) is 16.7. The highest BCUT2D eigenvalue weighted by Crippen LogP contribution is 2.47. The van der Waals surface area contributed by atoms with E-state index in [0.29, 0.717) is 19.6 Å². The monoisotopic (exact) mass is 380 g/mol. The van der Waals surface area contributed by atoms with Crippen molar-refractivity contribution in [1.29, 1.82) is 0 Å². The summed E-state index contributed by atoms with van der Waals surface area (Å²) in [4.78, 5) is 33.0. The van der Waals surface area contributed by atoms with E-state index in [9.17, 15) is 9.59 Å². The first kappa shape index (κ1) is 18.7. The second kappa shape index (κ2) is 7.09. The Hall–Kier alpha value is -2.60. The average Bonchev–Trinajstić information content (AvgIpc) is 3.13. The van der Waals surface area contributed by atoms with Crippen molar-refractivity contribution in [2.75, 3.05) is 26.2 Å². The summed E-state index contributed by atoms with van der Waals surface area (Å²) >= 11 is 0. The largest absolute Gasteiger partial charge is 0.369 e. The van der Waals surface area contributed by atoms with Crippen LogP contribution in [-0.4, -0.2) is 58.8 Å². The maximum Gasteiger partial charge on any atom is 0.230 e. The van der Waals surface area contributed by atoms with Crippen LogP contribution in [0.5, 0.6) is 0 Å². The molecule has 6 nitrogen and oxygen atoms in total. The van der Waals surface area contributed by atoms with E-state index >= 15 is 0 Å². The fourth-order valence-corrected chi connectivity index (χ4v) is 4.99. The summed E-state index contributed by atoms with van der Waals surface area (Å²) in [5.74, 6) is -0.801. The topological polar surface area (TPSA) is 82.4 Å². The molecule has 6 heteroatoms. The van der Waals surface area contributed by atoms with Crippen LogP contribution in [0.1, 0.15) is 37.8 Å². The van der Waals surface area contributed by atoms with Crippen molar-refractivity contribution in [3.63, 3.8) is 0 Å². The molecule has 2 amide bonds. The summed E-state index contributed by atoms with van der Waals surface area (Å²) in [5, 5.41) is 1.06. The molecule has 0 saturated heterocycles. The van der Waals surface area contributed by atoms with Crippen molar-refractivity contribution in [3.05, 3.63) is 41.6 Å². The fraction of sp³-hybridized carbons (Fsp3) is 0.455. The molecule has 3 N–H and O–H groups in total. The van der Waals surface area contributed by atoms with Crippen LogP contribution in [0.4, 0.5) is 0 Å². The summed E-state index contributed by atoms with van der Waals surface area (Å²) in [6.45, 7) is 8.86. The van der Waals surface area contributed by atoms with Crippen molar-refractivity contribution in [1.82, 2.24) is 14.8 Å². The molecule has 2 aromatic rings. The quantitative estimate of drug-likeness (QED) is 0.835. The van der Waals surface area contributed by atoms with Gasteiger partial charge >= 0.3 is 0 Å². The number of hydrogen-bond donors (Lipinski definition) is 2. The number of nitrogens with two attached hydrogens (primary N) is 1. The molecule has 1 aromatic heterocycles. The fourth-order valence-electron chi connectivity index (χ4n) is 4.99. The molecule has 0 spiro atoms. The molecule has 2 heterocycles. The Bertz CT molecular complexity index is 957. The summed E-state index contributed by atoms with van der Waals surface area (Å²) in [6.07, 6.45) is 4.01. The van der Waals surface area contributed by atoms with Crippen molar-refractivity contribution in [2.45, 2.75) is 32.7 Å². The number of benzene rings is 1. The Balaban J connectivity index is 1.91. The van der Waals surface area contributed by atoms with Crippen molar-refractivity contribution in [3.8, 4) is 0 Å². The van der Waals surface area contributed by atoms with Crippen molar-refractivity contribution < 1.29 is 9.59 Å². The van der Waals surface area contributed by atoms with Crippen LogP contribution in [0.25, 0.3) is 16.5 Å². The first-order valence-electron chi connectivity index (χ1n) is 10.2. The van der Waals surface area contributed by atoms with Crippen LogP contribution >= 0.6 is 0 Å². The Morgan fingerprint density at radius 3 is 2.64 bits per heavy atom. The first-order valence-corrected chi connectivity index (χ1v) is 10.2. The van der Waals surface area contributed by atoms with Gasteiger partial charge in [-0.15, -0.1) is 0 Å². The molecule has 1 aromatic carbocycles. The Labute approximate surface area is 165 Å². The van der Waals surface area contributed by atoms with Gasteiger partial charge in [-0.25, -0.2) is 0 Å². The van der Waals surface area contributed by atoms with Crippen LogP contribution < -0.4 is 5.73 Å². The van der Waals surface area contributed by atoms with E-state index in [2.05, 4.69) is 29.0 Å². The standard InChI is InChI=1S/C22H28N4O2/c1-4-25(5-2)22(28)13-10-15-14-8-7-9-17-18(14)16(11-24-17)19(21(23)27)20(15)26(6-3)12-13/h7-11,13,19-20,24H,4-6,12H2,1-3H3,(H2,23,27)/t13?,19?,20-/m0/s1. The second-order valence-electron chi connectivity index (χ2n) is 7.62. The molecule has 1 aliphatic carbocycles. The number of fused-ring (bicyclic) bond motifs is 2. The van der Waals surface area contributed by atoms with Gasteiger partial charge in [-0.1, -0.05) is 25.1 Å². The zero-order valence-electron chi connectivity index (χ0n) is 16.7. The van der Waals surface area contributed by atoms with Gasteiger partial charge in [0.05, 0.1) is 17.9 Å². The van der Waals surface area contributed by atoms with Crippen molar-refractivity contribution >= 4 is 28.3 Å². The molecular weight excluding hydrogens is 352 g/mol. The number of nitrogens with zero attached hydrogens (tertiary/aromatic N) is 2. The number of hydrogen-bond acceptors (Lipinski definition) is 3. The van der Waals surface area contributed by atoms with Crippen LogP contribution in [0, 0.1) is 5.92 Å². The predicted octanol–water partition coefficient (Wildman–Crippen LogP) is 2.32. The molecule has 0 fully saturated rings. The van der Waals surface area contributed by atoms with E-state index in [0.717, 1.165) is 34.1 Å². The minimum Gasteiger partial charge on any atom is -0.369 e. The Morgan fingerprint density at radius 1 is 1.25 bits per heavy atom. The lowest BCUT2D eigenvalue weighted by Crippen LogP contribution is -2.52. The van der Waals surface area contributed by atoms with E-state index in [1.165, 1.54) is 0 Å². The molecule has 2 unspecified atom stereocenters. The number of carbonyl (C=O) groups is 2. The lowest BCUT2D eigenvalue weighted by atomic mass is 9.73. The molecule has 4 rings (SSSR count). The minimum absolute atomic E-state index is 0.128. The predicted molar refractivity (Wildman–Crippen MR) is 111 cm³/mol. The molecule has 0 radical (unpaired) electrons. The number of likely N-dealkylation sites (N-methyl/N-ethyl adjacent to an activating group) is 1. The summed E-state index contributed by atoms with van der Waals surface area (Å²) in [5.41, 5.74) is 10.0. The second-order valence-corrected chi connectivity index (χ2v) is 7.62. The van der Waals surface area contributed by atoms with Gasteiger partial charge in [0.15, 0.2) is 0 Å². The van der Waals surface area contributed by atoms with Crippen LogP contribution in [0.2, 0.25) is 0 Å². The SMILES string of the molecule is CCN(CC)C(=O)C1C=C2c3cccc4[nH]cc(c34)C(C(N)=O)[C@H]2N(CC)C1. The normalized spacial score (nSPS) is 24.0. The lowest BCUT2D eigenvalue weighted by molar-refractivity contribution is -0.134. The molecular formula is C22H28N4O2. The molecule has 0 bridgehead atoms. The average molecular weight is 380 g/mol. The number of H-pyrrole nitrogens is 1. The maximum absolute atomic E-state index is 13.1. The van der Waals surface area contributed by atoms with Gasteiger partial charge in [0.2, 0.25) is 11.8 Å². The number of nitrogens with one attached hydrogen (secondary N) is 1. The summed E-state index contributed by atoms with van der Waals surface area (Å²) < 4.78 is 0. The lowest BCUT2D eigenvalue weighted by Gasteiger charge is -2.44. The van der Waals surface area contributed by atoms with E-state index in [1.807, 2.05) is 37.1 Å². The summed E-state index contributed by atoms with van der Waals surface area (Å²) in [7, 11) is 0. The van der Waals surface area contributed by atoms with Gasteiger partial charge < -0.3 is 15.6 Å². The first-order chi connectivity index (χ1) is 13.5. The number of primary amides is 1. The van der Waals surface area contributed by atoms with Gasteiger partial charge in [-0.2, -0.15) is 0 Å². The maximum atomic E-state index is 13.1. The number of rotatable bonds is 5. The van der Waals surface area contributed by atoms with Gasteiger partial charge in [-0.3, -0.25) is 14.5 Å². The highest BCUT2D eigenvalue weighted by atomic mass is 16.2. The Kier molecular flexibility index (Phi) is 4.75. The number of carbonyl (C=O) groups excluding carboxylic acids is 2. The van der Waals surface area contributed by atoms with Gasteiger partial charge in [0.1, 0.15) is 0 Å². The molecule has 0 saturated carbocycles. The zero-order chi connectivity index (χ0) is 20.0. The molecule has 1 aliphatic heterocycles. The minimum atomic E-state index is -0.417. The summed E-state index contributed by atoms with van der Waals surface area (Å²) in [6, 6.07) is 6.00. The van der Waals surface area contributed by atoms with E-state index in [-0.39, 0.29) is 23.8 Å². The van der Waals surface area contributed by atoms with Crippen molar-refractivity contribution in [2.24, 2.45) is 11.7 Å². The van der Waals surface area contributed by atoms with Gasteiger partial charge in [0.25, 0.3) is 0 Å². The number of aromatic nitrogens is 1. The number of aromatic amines is 1. The smallest absolute Gasteiger partial charge is 0.230 e. The van der Waals surface area contributed by atoms with Crippen LogP contribution in [-0.2, 0) is 9.59 Å². The molecule has 148 valence electrons. The third-order valence-corrected chi connectivity index (χ3v) is 6.33. The highest BCUT2D eigenvalue weighted by Gasteiger charge is 2.45. The molecule has 2 aliphatic rings. The van der Waals surface area contributed by atoms with Gasteiger partial charge in [-0.05, 0) is 43.2 Å². The third kappa shape index (κ3) is 2.66. The van der Waals surface area contributed by atoms with E-state index in [1.54, 1.807) is 0 Å².